The van der Waals surface area contributed by atoms with Crippen molar-refractivity contribution in [3.63, 3.8) is 0 Å². The van der Waals surface area contributed by atoms with E-state index in [1.165, 1.54) is 19.2 Å². The summed E-state index contributed by atoms with van der Waals surface area (Å²) in [5.41, 5.74) is 6.50. The molecule has 1 aromatic heterocycles. The van der Waals surface area contributed by atoms with Crippen LogP contribution >= 0.6 is 11.6 Å². The smallest absolute Gasteiger partial charge is 0.342 e. The molecule has 0 radical (unpaired) electrons. The quantitative estimate of drug-likeness (QED) is 0.519. The SMILES string of the molecule is COc1cc(N)c(Cl)cc1C(=O)OCC(=O)c1cccn1C. The number of nitrogens with two attached hydrogens (primary N) is 1. The van der Waals surface area contributed by atoms with E-state index in [4.69, 9.17) is 26.8 Å². The van der Waals surface area contributed by atoms with Crippen molar-refractivity contribution in [2.75, 3.05) is 19.5 Å². The van der Waals surface area contributed by atoms with E-state index >= 15 is 0 Å². The van der Waals surface area contributed by atoms with Crippen molar-refractivity contribution in [1.29, 1.82) is 0 Å². The van der Waals surface area contributed by atoms with Gasteiger partial charge >= 0.3 is 5.97 Å². The summed E-state index contributed by atoms with van der Waals surface area (Å²) in [7, 11) is 3.13. The molecule has 0 aliphatic heterocycles. The third kappa shape index (κ3) is 3.23. The lowest BCUT2D eigenvalue weighted by Gasteiger charge is -2.10. The third-order valence-electron chi connectivity index (χ3n) is 3.10. The van der Waals surface area contributed by atoms with Crippen LogP contribution in [0.15, 0.2) is 30.5 Å². The van der Waals surface area contributed by atoms with Crippen molar-refractivity contribution in [2.45, 2.75) is 0 Å². The van der Waals surface area contributed by atoms with Crippen LogP contribution in [0.2, 0.25) is 5.02 Å². The molecular formula is C15H15ClN2O4. The van der Waals surface area contributed by atoms with Gasteiger partial charge < -0.3 is 19.8 Å². The average molecular weight is 323 g/mol. The lowest BCUT2D eigenvalue weighted by molar-refractivity contribution is 0.0469. The summed E-state index contributed by atoms with van der Waals surface area (Å²) in [5.74, 6) is -0.777. The second-order valence-corrected chi connectivity index (χ2v) is 4.98. The Morgan fingerprint density at radius 1 is 1.36 bits per heavy atom. The van der Waals surface area contributed by atoms with Crippen molar-refractivity contribution in [3.05, 3.63) is 46.7 Å². The Hall–Kier alpha value is -2.47. The van der Waals surface area contributed by atoms with E-state index in [-0.39, 0.29) is 34.4 Å². The van der Waals surface area contributed by atoms with Gasteiger partial charge in [0.05, 0.1) is 23.5 Å². The van der Waals surface area contributed by atoms with Crippen LogP contribution in [0.1, 0.15) is 20.8 Å². The first kappa shape index (κ1) is 15.9. The number of hydrogen-bond acceptors (Lipinski definition) is 5. The number of carbonyl (C=O) groups is 2. The number of Topliss-reactive ketones (excluding diaryl/α,β-unsaturated/α-hetero) is 1. The van der Waals surface area contributed by atoms with E-state index in [9.17, 15) is 9.59 Å². The monoisotopic (exact) mass is 322 g/mol. The van der Waals surface area contributed by atoms with Gasteiger partial charge in [-0.2, -0.15) is 0 Å². The molecule has 2 aromatic rings. The summed E-state index contributed by atoms with van der Waals surface area (Å²) in [5, 5.41) is 0.210. The number of benzene rings is 1. The highest BCUT2D eigenvalue weighted by Gasteiger charge is 2.18. The molecule has 0 saturated carbocycles. The summed E-state index contributed by atoms with van der Waals surface area (Å²) in [6.07, 6.45) is 1.73. The number of halogens is 1. The number of hydrogen-bond donors (Lipinski definition) is 1. The molecule has 0 saturated heterocycles. The van der Waals surface area contributed by atoms with Crippen LogP contribution < -0.4 is 10.5 Å². The zero-order chi connectivity index (χ0) is 16.3. The van der Waals surface area contributed by atoms with E-state index in [2.05, 4.69) is 0 Å². The van der Waals surface area contributed by atoms with Crippen LogP contribution in [0.3, 0.4) is 0 Å². The molecule has 0 aliphatic carbocycles. The third-order valence-corrected chi connectivity index (χ3v) is 3.43. The minimum Gasteiger partial charge on any atom is -0.496 e. The minimum atomic E-state index is -0.707. The topological polar surface area (TPSA) is 83.6 Å². The first-order valence-corrected chi connectivity index (χ1v) is 6.76. The molecule has 2 N–H and O–H groups in total. The molecule has 0 aliphatic rings. The van der Waals surface area contributed by atoms with Crippen LogP contribution in [0.4, 0.5) is 5.69 Å². The molecule has 1 aromatic carbocycles. The molecule has 0 fully saturated rings. The Morgan fingerprint density at radius 2 is 2.09 bits per heavy atom. The van der Waals surface area contributed by atoms with Crippen LogP contribution in [0.25, 0.3) is 0 Å². The van der Waals surface area contributed by atoms with Gasteiger partial charge in [-0.15, -0.1) is 0 Å². The van der Waals surface area contributed by atoms with Crippen molar-refractivity contribution < 1.29 is 19.1 Å². The standard InChI is InChI=1S/C15H15ClN2O4/c1-18-5-3-4-12(18)13(19)8-22-15(20)9-6-10(16)11(17)7-14(9)21-2/h3-7H,8,17H2,1-2H3. The van der Waals surface area contributed by atoms with E-state index in [1.807, 2.05) is 0 Å². The van der Waals surface area contributed by atoms with Crippen molar-refractivity contribution in [2.24, 2.45) is 7.05 Å². The molecule has 0 unspecified atom stereocenters. The first-order chi connectivity index (χ1) is 10.4. The molecule has 116 valence electrons. The van der Waals surface area contributed by atoms with Gasteiger partial charge in [-0.3, -0.25) is 4.79 Å². The minimum absolute atomic E-state index is 0.112. The maximum atomic E-state index is 12.1. The van der Waals surface area contributed by atoms with Gasteiger partial charge in [0.2, 0.25) is 5.78 Å². The number of aryl methyl sites for hydroxylation is 1. The molecule has 1 heterocycles. The molecule has 22 heavy (non-hydrogen) atoms. The lowest BCUT2D eigenvalue weighted by Crippen LogP contribution is -2.17. The predicted molar refractivity (Wildman–Crippen MR) is 82.4 cm³/mol. The maximum absolute atomic E-state index is 12.1. The predicted octanol–water partition coefficient (Wildman–Crippen LogP) is 2.31. The van der Waals surface area contributed by atoms with Crippen LogP contribution in [-0.2, 0) is 11.8 Å². The number of rotatable bonds is 5. The normalized spacial score (nSPS) is 10.3. The number of anilines is 1. The number of nitrogens with zero attached hydrogens (tertiary/aromatic N) is 1. The Bertz CT molecular complexity index is 724. The van der Waals surface area contributed by atoms with Crippen LogP contribution in [-0.4, -0.2) is 30.0 Å². The molecule has 0 amide bonds. The number of methoxy groups -OCH3 is 1. The van der Waals surface area contributed by atoms with Gasteiger partial charge in [-0.1, -0.05) is 11.6 Å². The number of carbonyl (C=O) groups excluding carboxylic acids is 2. The molecule has 7 heteroatoms. The Morgan fingerprint density at radius 3 is 2.68 bits per heavy atom. The second-order valence-electron chi connectivity index (χ2n) is 4.58. The van der Waals surface area contributed by atoms with E-state index in [1.54, 1.807) is 29.9 Å². The summed E-state index contributed by atoms with van der Waals surface area (Å²) in [6.45, 7) is -0.373. The summed E-state index contributed by atoms with van der Waals surface area (Å²) >= 11 is 5.89. The van der Waals surface area contributed by atoms with E-state index < -0.39 is 5.97 Å². The van der Waals surface area contributed by atoms with Crippen molar-refractivity contribution in [1.82, 2.24) is 4.57 Å². The van der Waals surface area contributed by atoms with Crippen LogP contribution in [0, 0.1) is 0 Å². The fraction of sp³-hybridized carbons (Fsp3) is 0.200. The molecule has 0 spiro atoms. The zero-order valence-corrected chi connectivity index (χ0v) is 12.9. The lowest BCUT2D eigenvalue weighted by atomic mass is 10.2. The van der Waals surface area contributed by atoms with Gasteiger partial charge in [-0.05, 0) is 18.2 Å². The van der Waals surface area contributed by atoms with E-state index in [0.29, 0.717) is 5.69 Å². The number of aromatic nitrogens is 1. The number of ether oxygens (including phenoxy) is 2. The molecule has 0 atom stereocenters. The summed E-state index contributed by atoms with van der Waals surface area (Å²) in [6, 6.07) is 6.16. The van der Waals surface area contributed by atoms with Gasteiger partial charge in [0.15, 0.2) is 6.61 Å². The highest BCUT2D eigenvalue weighted by molar-refractivity contribution is 6.33. The fourth-order valence-corrected chi connectivity index (χ4v) is 2.09. The van der Waals surface area contributed by atoms with Crippen molar-refractivity contribution in [3.8, 4) is 5.75 Å². The Kier molecular flexibility index (Phi) is 4.72. The molecule has 0 bridgehead atoms. The van der Waals surface area contributed by atoms with Gasteiger partial charge in [0.25, 0.3) is 0 Å². The zero-order valence-electron chi connectivity index (χ0n) is 12.1. The Labute approximate surface area is 132 Å². The van der Waals surface area contributed by atoms with Gasteiger partial charge in [-0.25, -0.2) is 4.79 Å². The number of nitrogen functional groups attached to an aromatic ring is 1. The largest absolute Gasteiger partial charge is 0.496 e. The van der Waals surface area contributed by atoms with Gasteiger partial charge in [0.1, 0.15) is 11.3 Å². The molecular weight excluding hydrogens is 308 g/mol. The average Bonchev–Trinajstić information content (AvgIpc) is 2.92. The summed E-state index contributed by atoms with van der Waals surface area (Å²) in [4.78, 5) is 24.0. The molecule has 2 rings (SSSR count). The highest BCUT2D eigenvalue weighted by Crippen LogP contribution is 2.29. The highest BCUT2D eigenvalue weighted by atomic mass is 35.5. The van der Waals surface area contributed by atoms with Gasteiger partial charge in [0, 0.05) is 19.3 Å². The fourth-order valence-electron chi connectivity index (χ4n) is 1.93. The van der Waals surface area contributed by atoms with E-state index in [0.717, 1.165) is 0 Å². The summed E-state index contributed by atoms with van der Waals surface area (Å²) < 4.78 is 11.7. The Balaban J connectivity index is 2.11. The first-order valence-electron chi connectivity index (χ1n) is 6.38. The van der Waals surface area contributed by atoms with Crippen molar-refractivity contribution >= 4 is 29.0 Å². The molecule has 6 nitrogen and oxygen atoms in total. The van der Waals surface area contributed by atoms with Crippen LogP contribution in [0.5, 0.6) is 5.75 Å². The number of esters is 1. The second kappa shape index (κ2) is 6.53. The number of ketones is 1. The maximum Gasteiger partial charge on any atom is 0.342 e.